The molecule has 12 heavy (non-hydrogen) atoms. The third-order valence-electron chi connectivity index (χ3n) is 1.61. The lowest BCUT2D eigenvalue weighted by Gasteiger charge is -2.24. The van der Waals surface area contributed by atoms with Gasteiger partial charge >= 0.3 is 0 Å². The minimum Gasteiger partial charge on any atom is -0.327 e. The van der Waals surface area contributed by atoms with E-state index in [2.05, 4.69) is 17.1 Å². The van der Waals surface area contributed by atoms with Crippen molar-refractivity contribution in [2.24, 2.45) is 5.10 Å². The molecule has 0 fully saturated rings. The lowest BCUT2D eigenvalue weighted by Crippen LogP contribution is -2.34. The van der Waals surface area contributed by atoms with Gasteiger partial charge in [0.25, 0.3) is 0 Å². The van der Waals surface area contributed by atoms with Gasteiger partial charge < -0.3 is 10.3 Å². The first-order chi connectivity index (χ1) is 5.75. The number of nitrogens with one attached hydrogen (secondary N) is 1. The van der Waals surface area contributed by atoms with Gasteiger partial charge in [0.1, 0.15) is 12.2 Å². The Hall–Kier alpha value is -1.32. The van der Waals surface area contributed by atoms with E-state index < -0.39 is 5.83 Å². The van der Waals surface area contributed by atoms with Gasteiger partial charge in [0.2, 0.25) is 0 Å². The van der Waals surface area contributed by atoms with Crippen LogP contribution >= 0.6 is 0 Å². The highest BCUT2D eigenvalue weighted by Crippen LogP contribution is 2.13. The minimum absolute atomic E-state index is 0.425. The van der Waals surface area contributed by atoms with Gasteiger partial charge in [-0.15, -0.1) is 0 Å². The van der Waals surface area contributed by atoms with Gasteiger partial charge in [-0.25, -0.2) is 4.39 Å². The molecule has 0 spiro atoms. The third-order valence-corrected chi connectivity index (χ3v) is 1.61. The maximum atomic E-state index is 12.8. The SMILES string of the molecule is C=C(F)C(=CC)N1C=NNCC1. The normalized spacial score (nSPS) is 17.5. The predicted molar refractivity (Wildman–Crippen MR) is 47.2 cm³/mol. The van der Waals surface area contributed by atoms with Crippen LogP contribution < -0.4 is 5.43 Å². The summed E-state index contributed by atoms with van der Waals surface area (Å²) in [5.74, 6) is -0.425. The molecule has 0 unspecified atom stereocenters. The third kappa shape index (κ3) is 1.84. The fourth-order valence-electron chi connectivity index (χ4n) is 1.06. The summed E-state index contributed by atoms with van der Waals surface area (Å²) in [5.41, 5.74) is 3.27. The van der Waals surface area contributed by atoms with Crippen LogP contribution in [-0.2, 0) is 0 Å². The molecule has 0 bridgehead atoms. The summed E-state index contributed by atoms with van der Waals surface area (Å²) >= 11 is 0. The van der Waals surface area contributed by atoms with Crippen molar-refractivity contribution in [1.29, 1.82) is 0 Å². The molecule has 1 rings (SSSR count). The molecule has 0 amide bonds. The van der Waals surface area contributed by atoms with Crippen molar-refractivity contribution in [2.45, 2.75) is 6.92 Å². The molecule has 1 aliphatic rings. The Labute approximate surface area is 71.2 Å². The van der Waals surface area contributed by atoms with Crippen LogP contribution in [0.1, 0.15) is 6.92 Å². The summed E-state index contributed by atoms with van der Waals surface area (Å²) in [7, 11) is 0. The van der Waals surface area contributed by atoms with Gasteiger partial charge in [0.15, 0.2) is 0 Å². The van der Waals surface area contributed by atoms with Crippen molar-refractivity contribution in [3.05, 3.63) is 24.2 Å². The number of allylic oxidation sites excluding steroid dienone is 2. The number of hydrazone groups is 1. The molecule has 4 heteroatoms. The predicted octanol–water partition coefficient (Wildman–Crippen LogP) is 1.22. The molecule has 0 atom stereocenters. The zero-order chi connectivity index (χ0) is 8.97. The molecule has 0 aromatic rings. The molecule has 0 saturated carbocycles. The topological polar surface area (TPSA) is 27.6 Å². The minimum atomic E-state index is -0.425. The summed E-state index contributed by atoms with van der Waals surface area (Å²) in [6.45, 7) is 6.45. The Morgan fingerprint density at radius 1 is 1.83 bits per heavy atom. The molecular formula is C8H12FN3. The van der Waals surface area contributed by atoms with Crippen LogP contribution in [0.3, 0.4) is 0 Å². The Morgan fingerprint density at radius 2 is 2.58 bits per heavy atom. The number of rotatable bonds is 2. The van der Waals surface area contributed by atoms with E-state index in [-0.39, 0.29) is 0 Å². The molecule has 0 aromatic heterocycles. The van der Waals surface area contributed by atoms with Crippen LogP contribution in [0.25, 0.3) is 0 Å². The maximum Gasteiger partial charge on any atom is 0.139 e. The maximum absolute atomic E-state index is 12.8. The van der Waals surface area contributed by atoms with Gasteiger partial charge in [-0.2, -0.15) is 5.10 Å². The standard InChI is InChI=1S/C8H12FN3/c1-3-8(7(2)9)12-5-4-10-11-6-12/h3,6,10H,2,4-5H2,1H3. The molecule has 66 valence electrons. The van der Waals surface area contributed by atoms with E-state index in [1.54, 1.807) is 24.2 Å². The quantitative estimate of drug-likeness (QED) is 0.629. The summed E-state index contributed by atoms with van der Waals surface area (Å²) in [6, 6.07) is 0. The number of halogens is 1. The van der Waals surface area contributed by atoms with Crippen molar-refractivity contribution in [3.63, 3.8) is 0 Å². The monoisotopic (exact) mass is 169 g/mol. The van der Waals surface area contributed by atoms with Gasteiger partial charge in [-0.3, -0.25) is 0 Å². The van der Waals surface area contributed by atoms with Crippen LogP contribution in [0.2, 0.25) is 0 Å². The Bertz CT molecular complexity index is 232. The highest BCUT2D eigenvalue weighted by atomic mass is 19.1. The fraction of sp³-hybridized carbons (Fsp3) is 0.375. The number of nitrogens with zero attached hydrogens (tertiary/aromatic N) is 2. The Morgan fingerprint density at radius 3 is 3.00 bits per heavy atom. The van der Waals surface area contributed by atoms with Crippen molar-refractivity contribution in [3.8, 4) is 0 Å². The fourth-order valence-corrected chi connectivity index (χ4v) is 1.06. The van der Waals surface area contributed by atoms with E-state index in [0.717, 1.165) is 6.54 Å². The van der Waals surface area contributed by atoms with E-state index in [9.17, 15) is 4.39 Å². The summed E-state index contributed by atoms with van der Waals surface area (Å²) in [6.07, 6.45) is 3.24. The van der Waals surface area contributed by atoms with E-state index in [1.807, 2.05) is 0 Å². The molecule has 1 heterocycles. The largest absolute Gasteiger partial charge is 0.327 e. The molecule has 0 aliphatic carbocycles. The number of hydrogen-bond donors (Lipinski definition) is 1. The molecule has 0 saturated heterocycles. The molecule has 0 radical (unpaired) electrons. The van der Waals surface area contributed by atoms with Crippen LogP contribution in [0.5, 0.6) is 0 Å². The molecule has 1 aliphatic heterocycles. The summed E-state index contributed by atoms with van der Waals surface area (Å²) < 4.78 is 12.8. The van der Waals surface area contributed by atoms with Crippen LogP contribution in [-0.4, -0.2) is 24.3 Å². The second kappa shape index (κ2) is 3.90. The van der Waals surface area contributed by atoms with Gasteiger partial charge in [-0.05, 0) is 6.92 Å². The highest BCUT2D eigenvalue weighted by molar-refractivity contribution is 5.60. The average Bonchev–Trinajstić information content (AvgIpc) is 2.07. The summed E-state index contributed by atoms with van der Waals surface area (Å²) in [4.78, 5) is 1.72. The lowest BCUT2D eigenvalue weighted by atomic mass is 10.3. The second-order valence-electron chi connectivity index (χ2n) is 2.42. The second-order valence-corrected chi connectivity index (χ2v) is 2.42. The van der Waals surface area contributed by atoms with E-state index in [0.29, 0.717) is 12.2 Å². The highest BCUT2D eigenvalue weighted by Gasteiger charge is 2.11. The van der Waals surface area contributed by atoms with E-state index in [4.69, 9.17) is 0 Å². The van der Waals surface area contributed by atoms with Crippen molar-refractivity contribution < 1.29 is 4.39 Å². The average molecular weight is 169 g/mol. The summed E-state index contributed by atoms with van der Waals surface area (Å²) in [5, 5.41) is 3.81. The molecular weight excluding hydrogens is 157 g/mol. The van der Waals surface area contributed by atoms with Crippen LogP contribution in [0.15, 0.2) is 29.3 Å². The van der Waals surface area contributed by atoms with E-state index in [1.165, 1.54) is 0 Å². The van der Waals surface area contributed by atoms with Gasteiger partial charge in [-0.1, -0.05) is 12.7 Å². The Kier molecular flexibility index (Phi) is 2.85. The first-order valence-electron chi connectivity index (χ1n) is 3.79. The zero-order valence-electron chi connectivity index (χ0n) is 7.05. The Balaban J connectivity index is 2.72. The van der Waals surface area contributed by atoms with Crippen LogP contribution in [0.4, 0.5) is 4.39 Å². The van der Waals surface area contributed by atoms with E-state index >= 15 is 0 Å². The first-order valence-corrected chi connectivity index (χ1v) is 3.79. The van der Waals surface area contributed by atoms with Crippen molar-refractivity contribution in [1.82, 2.24) is 10.3 Å². The van der Waals surface area contributed by atoms with Gasteiger partial charge in [0.05, 0.1) is 12.2 Å². The zero-order valence-corrected chi connectivity index (χ0v) is 7.05. The molecule has 1 N–H and O–H groups in total. The van der Waals surface area contributed by atoms with Crippen molar-refractivity contribution in [2.75, 3.05) is 13.1 Å². The van der Waals surface area contributed by atoms with Crippen LogP contribution in [0, 0.1) is 0 Å². The molecule has 0 aromatic carbocycles. The number of hydrogen-bond acceptors (Lipinski definition) is 3. The van der Waals surface area contributed by atoms with Gasteiger partial charge in [0, 0.05) is 6.54 Å². The smallest absolute Gasteiger partial charge is 0.139 e. The lowest BCUT2D eigenvalue weighted by molar-refractivity contribution is 0.452. The van der Waals surface area contributed by atoms with Crippen molar-refractivity contribution >= 4 is 6.34 Å². The molecule has 3 nitrogen and oxygen atoms in total. The first kappa shape index (κ1) is 8.77.